The summed E-state index contributed by atoms with van der Waals surface area (Å²) in [6.45, 7) is 6.71. The normalized spacial score (nSPS) is 14.7. The van der Waals surface area contributed by atoms with Crippen molar-refractivity contribution < 1.29 is 0 Å². The van der Waals surface area contributed by atoms with Crippen LogP contribution in [-0.4, -0.2) is 4.98 Å². The van der Waals surface area contributed by atoms with Crippen molar-refractivity contribution in [2.75, 3.05) is 0 Å². The topological polar surface area (TPSA) is 24.9 Å². The third-order valence-electron chi connectivity index (χ3n) is 3.13. The van der Waals surface area contributed by atoms with Crippen LogP contribution in [0.25, 0.3) is 0 Å². The van der Waals surface area contributed by atoms with Gasteiger partial charge in [-0.25, -0.2) is 0 Å². The first-order chi connectivity index (χ1) is 8.68. The van der Waals surface area contributed by atoms with Crippen LogP contribution in [0.4, 0.5) is 0 Å². The molecule has 2 rings (SSSR count). The first kappa shape index (κ1) is 13.2. The number of hydrogen-bond acceptors (Lipinski definition) is 3. The molecule has 2 nitrogen and oxygen atoms in total. The minimum atomic E-state index is 0.313. The maximum Gasteiger partial charge on any atom is 0.0442 e. The summed E-state index contributed by atoms with van der Waals surface area (Å²) >= 11 is 1.82. The van der Waals surface area contributed by atoms with Crippen LogP contribution in [0.5, 0.6) is 0 Å². The Balaban J connectivity index is 2.11. The van der Waals surface area contributed by atoms with E-state index in [1.54, 1.807) is 0 Å². The Morgan fingerprint density at radius 1 is 1.17 bits per heavy atom. The van der Waals surface area contributed by atoms with Crippen LogP contribution < -0.4 is 5.32 Å². The molecule has 2 aromatic heterocycles. The molecule has 2 heterocycles. The van der Waals surface area contributed by atoms with Crippen LogP contribution in [0.1, 0.15) is 43.3 Å². The van der Waals surface area contributed by atoms with Gasteiger partial charge in [-0.3, -0.25) is 4.98 Å². The van der Waals surface area contributed by atoms with E-state index < -0.39 is 0 Å². The van der Waals surface area contributed by atoms with Crippen molar-refractivity contribution in [2.45, 2.75) is 32.9 Å². The molecule has 0 aliphatic rings. The third-order valence-corrected chi connectivity index (χ3v) is 4.09. The number of hydrogen-bond donors (Lipinski definition) is 1. The molecular weight excluding hydrogens is 240 g/mol. The quantitative estimate of drug-likeness (QED) is 0.872. The molecule has 3 heteroatoms. The van der Waals surface area contributed by atoms with Gasteiger partial charge in [-0.2, -0.15) is 0 Å². The second-order valence-corrected chi connectivity index (χ2v) is 5.89. The van der Waals surface area contributed by atoms with Gasteiger partial charge in [0.2, 0.25) is 0 Å². The summed E-state index contributed by atoms with van der Waals surface area (Å²) in [4.78, 5) is 5.59. The Labute approximate surface area is 113 Å². The lowest BCUT2D eigenvalue weighted by Gasteiger charge is -2.25. The van der Waals surface area contributed by atoms with E-state index in [0.717, 1.165) is 0 Å². The van der Waals surface area contributed by atoms with Gasteiger partial charge in [0.15, 0.2) is 0 Å². The highest BCUT2D eigenvalue weighted by Crippen LogP contribution is 2.28. The second-order valence-electron chi connectivity index (χ2n) is 4.91. The fourth-order valence-electron chi connectivity index (χ4n) is 2.07. The second kappa shape index (κ2) is 6.12. The predicted molar refractivity (Wildman–Crippen MR) is 77.7 cm³/mol. The maximum atomic E-state index is 4.18. The van der Waals surface area contributed by atoms with E-state index >= 15 is 0 Å². The Morgan fingerprint density at radius 3 is 2.56 bits per heavy atom. The molecule has 0 fully saturated rings. The zero-order valence-electron chi connectivity index (χ0n) is 11.1. The molecule has 1 unspecified atom stereocenters. The Bertz CT molecular complexity index is 451. The summed E-state index contributed by atoms with van der Waals surface area (Å²) < 4.78 is 0. The number of aromatic nitrogens is 1. The van der Waals surface area contributed by atoms with Gasteiger partial charge < -0.3 is 5.32 Å². The first-order valence-electron chi connectivity index (χ1n) is 6.38. The summed E-state index contributed by atoms with van der Waals surface area (Å²) in [5.41, 5.74) is 1.24. The number of nitrogens with one attached hydrogen (secondary N) is 1. The van der Waals surface area contributed by atoms with Crippen molar-refractivity contribution in [3.63, 3.8) is 0 Å². The standard InChI is InChI=1S/C15H20N2S/c1-11(2)15(14-7-5-9-18-14)17-12(3)13-6-4-8-16-10-13/h4-12,15,17H,1-3H3/t12-,15?/m0/s1. The van der Waals surface area contributed by atoms with Crippen LogP contribution in [0.3, 0.4) is 0 Å². The van der Waals surface area contributed by atoms with E-state index in [4.69, 9.17) is 0 Å². The molecule has 0 saturated carbocycles. The van der Waals surface area contributed by atoms with Crippen molar-refractivity contribution in [2.24, 2.45) is 5.92 Å². The van der Waals surface area contributed by atoms with Crippen molar-refractivity contribution in [1.82, 2.24) is 10.3 Å². The van der Waals surface area contributed by atoms with Crippen LogP contribution >= 0.6 is 11.3 Å². The smallest absolute Gasteiger partial charge is 0.0442 e. The number of rotatable bonds is 5. The van der Waals surface area contributed by atoms with Crippen LogP contribution in [0.2, 0.25) is 0 Å². The highest BCUT2D eigenvalue weighted by atomic mass is 32.1. The molecule has 96 valence electrons. The average Bonchev–Trinajstić information content (AvgIpc) is 2.90. The van der Waals surface area contributed by atoms with E-state index in [0.29, 0.717) is 18.0 Å². The largest absolute Gasteiger partial charge is 0.302 e. The minimum Gasteiger partial charge on any atom is -0.302 e. The van der Waals surface area contributed by atoms with Crippen LogP contribution in [0.15, 0.2) is 42.0 Å². The molecule has 2 aromatic rings. The molecule has 18 heavy (non-hydrogen) atoms. The Kier molecular flexibility index (Phi) is 4.50. The molecule has 0 aromatic carbocycles. The van der Waals surface area contributed by atoms with E-state index in [-0.39, 0.29) is 0 Å². The van der Waals surface area contributed by atoms with Gasteiger partial charge in [-0.05, 0) is 35.9 Å². The minimum absolute atomic E-state index is 0.313. The van der Waals surface area contributed by atoms with Gasteiger partial charge in [-0.15, -0.1) is 11.3 Å². The Morgan fingerprint density at radius 2 is 2.00 bits per heavy atom. The van der Waals surface area contributed by atoms with Crippen LogP contribution in [-0.2, 0) is 0 Å². The van der Waals surface area contributed by atoms with Crippen molar-refractivity contribution >= 4 is 11.3 Å². The third kappa shape index (κ3) is 3.18. The molecule has 0 aliphatic carbocycles. The molecule has 0 amide bonds. The lowest BCUT2D eigenvalue weighted by Crippen LogP contribution is -2.27. The maximum absolute atomic E-state index is 4.18. The number of nitrogens with zero attached hydrogens (tertiary/aromatic N) is 1. The van der Waals surface area contributed by atoms with Crippen molar-refractivity contribution in [1.29, 1.82) is 0 Å². The van der Waals surface area contributed by atoms with Gasteiger partial charge in [0.05, 0.1) is 0 Å². The summed E-state index contributed by atoms with van der Waals surface area (Å²) in [7, 11) is 0. The summed E-state index contributed by atoms with van der Waals surface area (Å²) in [5.74, 6) is 0.572. The molecule has 0 radical (unpaired) electrons. The summed E-state index contributed by atoms with van der Waals surface area (Å²) in [5, 5.41) is 5.85. The molecule has 2 atom stereocenters. The highest BCUT2D eigenvalue weighted by Gasteiger charge is 2.19. The van der Waals surface area contributed by atoms with Crippen molar-refractivity contribution in [3.8, 4) is 0 Å². The van der Waals surface area contributed by atoms with Gasteiger partial charge in [-0.1, -0.05) is 26.0 Å². The zero-order valence-corrected chi connectivity index (χ0v) is 11.9. The molecule has 0 bridgehead atoms. The molecule has 0 saturated heterocycles. The van der Waals surface area contributed by atoms with E-state index in [1.807, 2.05) is 29.8 Å². The van der Waals surface area contributed by atoms with Gasteiger partial charge in [0.25, 0.3) is 0 Å². The lowest BCUT2D eigenvalue weighted by atomic mass is 10.0. The van der Waals surface area contributed by atoms with Gasteiger partial charge in [0.1, 0.15) is 0 Å². The highest BCUT2D eigenvalue weighted by molar-refractivity contribution is 7.10. The van der Waals surface area contributed by atoms with Crippen molar-refractivity contribution in [3.05, 3.63) is 52.5 Å². The van der Waals surface area contributed by atoms with Gasteiger partial charge in [0, 0.05) is 29.4 Å². The first-order valence-corrected chi connectivity index (χ1v) is 7.26. The molecular formula is C15H20N2S. The SMILES string of the molecule is CC(C)C(N[C@@H](C)c1cccnc1)c1cccs1. The summed E-state index contributed by atoms with van der Waals surface area (Å²) in [6, 6.07) is 9.15. The number of thiophene rings is 1. The molecule has 0 aliphatic heterocycles. The Hall–Kier alpha value is -1.19. The monoisotopic (exact) mass is 260 g/mol. The van der Waals surface area contributed by atoms with Crippen LogP contribution in [0, 0.1) is 5.92 Å². The van der Waals surface area contributed by atoms with E-state index in [1.165, 1.54) is 10.4 Å². The van der Waals surface area contributed by atoms with E-state index in [9.17, 15) is 0 Å². The fourth-order valence-corrected chi connectivity index (χ4v) is 3.03. The fraction of sp³-hybridized carbons (Fsp3) is 0.400. The summed E-state index contributed by atoms with van der Waals surface area (Å²) in [6.07, 6.45) is 3.75. The molecule has 1 N–H and O–H groups in total. The molecule has 0 spiro atoms. The zero-order chi connectivity index (χ0) is 13.0. The van der Waals surface area contributed by atoms with E-state index in [2.05, 4.69) is 54.7 Å². The average molecular weight is 260 g/mol. The van der Waals surface area contributed by atoms with Gasteiger partial charge >= 0.3 is 0 Å². The predicted octanol–water partition coefficient (Wildman–Crippen LogP) is 4.19. The lowest BCUT2D eigenvalue weighted by molar-refractivity contribution is 0.379. The number of pyridine rings is 1.